The van der Waals surface area contributed by atoms with Crippen LogP contribution in [0.2, 0.25) is 0 Å². The van der Waals surface area contributed by atoms with Crippen LogP contribution in [0.1, 0.15) is 53.0 Å². The zero-order chi connectivity index (χ0) is 22.4. The zero-order valence-electron chi connectivity index (χ0n) is 18.0. The van der Waals surface area contributed by atoms with Crippen LogP contribution in [-0.2, 0) is 6.54 Å². The van der Waals surface area contributed by atoms with Gasteiger partial charge in [-0.05, 0) is 56.5 Å². The van der Waals surface area contributed by atoms with Crippen LogP contribution in [0, 0.1) is 10.1 Å². The Labute approximate surface area is 182 Å². The number of nitrogens with zero attached hydrogens (tertiary/aromatic N) is 3. The van der Waals surface area contributed by atoms with Gasteiger partial charge < -0.3 is 15.1 Å². The molecule has 8 nitrogen and oxygen atoms in total. The lowest BCUT2D eigenvalue weighted by Crippen LogP contribution is -2.30. The van der Waals surface area contributed by atoms with Crippen molar-refractivity contribution in [1.82, 2.24) is 9.80 Å². The maximum Gasteiger partial charge on any atom is 0.282 e. The number of nitro groups is 1. The molecule has 0 spiro atoms. The molecule has 0 aromatic heterocycles. The number of benzene rings is 2. The van der Waals surface area contributed by atoms with E-state index in [1.807, 2.05) is 26.0 Å². The fraction of sp³-hybridized carbons (Fsp3) is 0.391. The topological polar surface area (TPSA) is 95.8 Å². The Morgan fingerprint density at radius 1 is 1.06 bits per heavy atom. The van der Waals surface area contributed by atoms with Gasteiger partial charge in [-0.3, -0.25) is 19.7 Å². The SMILES string of the molecule is CCN(CC)C(=O)c1ccc(CNc2ccc([N+](=O)[O-])c(C(=O)N3CCCC3)c2)cc1. The van der Waals surface area contributed by atoms with E-state index >= 15 is 0 Å². The van der Waals surface area contributed by atoms with E-state index in [1.54, 1.807) is 34.1 Å². The van der Waals surface area contributed by atoms with Crippen LogP contribution in [0.5, 0.6) is 0 Å². The molecule has 0 saturated carbocycles. The summed E-state index contributed by atoms with van der Waals surface area (Å²) in [4.78, 5) is 39.5. The molecule has 31 heavy (non-hydrogen) atoms. The van der Waals surface area contributed by atoms with Gasteiger partial charge in [0.25, 0.3) is 17.5 Å². The van der Waals surface area contributed by atoms with Crippen LogP contribution in [-0.4, -0.2) is 52.7 Å². The summed E-state index contributed by atoms with van der Waals surface area (Å²) >= 11 is 0. The van der Waals surface area contributed by atoms with Crippen molar-refractivity contribution in [1.29, 1.82) is 0 Å². The van der Waals surface area contributed by atoms with Crippen molar-refractivity contribution < 1.29 is 14.5 Å². The molecule has 8 heteroatoms. The first-order valence-corrected chi connectivity index (χ1v) is 10.6. The van der Waals surface area contributed by atoms with Crippen LogP contribution in [0.4, 0.5) is 11.4 Å². The van der Waals surface area contributed by atoms with Gasteiger partial charge in [0, 0.05) is 50.0 Å². The summed E-state index contributed by atoms with van der Waals surface area (Å²) in [7, 11) is 0. The number of carbonyl (C=O) groups is 2. The molecule has 1 aliphatic heterocycles. The number of nitro benzene ring substituents is 1. The first kappa shape index (κ1) is 22.3. The summed E-state index contributed by atoms with van der Waals surface area (Å²) < 4.78 is 0. The summed E-state index contributed by atoms with van der Waals surface area (Å²) in [5, 5.41) is 14.6. The number of hydrogen-bond acceptors (Lipinski definition) is 5. The summed E-state index contributed by atoms with van der Waals surface area (Å²) in [6, 6.07) is 11.9. The van der Waals surface area contributed by atoms with E-state index in [0.717, 1.165) is 18.4 Å². The molecule has 2 aromatic rings. The molecule has 1 saturated heterocycles. The molecule has 3 rings (SSSR count). The normalized spacial score (nSPS) is 13.2. The van der Waals surface area contributed by atoms with Gasteiger partial charge in [0.2, 0.25) is 0 Å². The predicted octanol–water partition coefficient (Wildman–Crippen LogP) is 3.92. The van der Waals surface area contributed by atoms with Crippen LogP contribution in [0.25, 0.3) is 0 Å². The van der Waals surface area contributed by atoms with Crippen molar-refractivity contribution in [2.24, 2.45) is 0 Å². The fourth-order valence-electron chi connectivity index (χ4n) is 3.73. The molecule has 0 bridgehead atoms. The highest BCUT2D eigenvalue weighted by atomic mass is 16.6. The Hall–Kier alpha value is -3.42. The number of rotatable bonds is 8. The molecule has 1 heterocycles. The smallest absolute Gasteiger partial charge is 0.282 e. The molecule has 1 aliphatic rings. The van der Waals surface area contributed by atoms with Gasteiger partial charge in [0.05, 0.1) is 4.92 Å². The van der Waals surface area contributed by atoms with Gasteiger partial charge in [-0.2, -0.15) is 0 Å². The van der Waals surface area contributed by atoms with Gasteiger partial charge in [0.15, 0.2) is 0 Å². The third-order valence-electron chi connectivity index (χ3n) is 5.57. The third-order valence-corrected chi connectivity index (χ3v) is 5.57. The number of amides is 2. The summed E-state index contributed by atoms with van der Waals surface area (Å²) in [6.45, 7) is 6.96. The Kier molecular flexibility index (Phi) is 7.23. The van der Waals surface area contributed by atoms with Gasteiger partial charge in [-0.25, -0.2) is 0 Å². The molecule has 1 N–H and O–H groups in total. The van der Waals surface area contributed by atoms with E-state index in [0.29, 0.717) is 44.0 Å². The highest BCUT2D eigenvalue weighted by Gasteiger charge is 2.27. The molecular formula is C23H28N4O4. The minimum atomic E-state index is -0.515. The Bertz CT molecular complexity index is 949. The summed E-state index contributed by atoms with van der Waals surface area (Å²) in [6.07, 6.45) is 1.84. The zero-order valence-corrected chi connectivity index (χ0v) is 18.0. The number of hydrogen-bond donors (Lipinski definition) is 1. The Balaban J connectivity index is 1.71. The number of carbonyl (C=O) groups excluding carboxylic acids is 2. The molecule has 1 fully saturated rings. The van der Waals surface area contributed by atoms with Gasteiger partial charge >= 0.3 is 0 Å². The van der Waals surface area contributed by atoms with Crippen molar-refractivity contribution in [3.05, 3.63) is 69.3 Å². The van der Waals surface area contributed by atoms with E-state index in [-0.39, 0.29) is 23.1 Å². The van der Waals surface area contributed by atoms with Crippen molar-refractivity contribution in [2.75, 3.05) is 31.5 Å². The number of likely N-dealkylation sites (tertiary alicyclic amines) is 1. The van der Waals surface area contributed by atoms with Crippen molar-refractivity contribution in [2.45, 2.75) is 33.2 Å². The maximum atomic E-state index is 12.8. The highest BCUT2D eigenvalue weighted by molar-refractivity contribution is 5.99. The quantitative estimate of drug-likeness (QED) is 0.512. The minimum Gasteiger partial charge on any atom is -0.381 e. The Morgan fingerprint density at radius 2 is 1.71 bits per heavy atom. The average Bonchev–Trinajstić information content (AvgIpc) is 3.33. The molecule has 0 unspecified atom stereocenters. The average molecular weight is 425 g/mol. The standard InChI is InChI=1S/C23H28N4O4/c1-3-25(4-2)22(28)18-9-7-17(8-10-18)16-24-19-11-12-21(27(30)31)20(15-19)23(29)26-13-5-6-14-26/h7-12,15,24H,3-6,13-14,16H2,1-2H3. The van der Waals surface area contributed by atoms with Crippen molar-refractivity contribution in [3.63, 3.8) is 0 Å². The van der Waals surface area contributed by atoms with Crippen molar-refractivity contribution in [3.8, 4) is 0 Å². The first-order valence-electron chi connectivity index (χ1n) is 10.6. The summed E-state index contributed by atoms with van der Waals surface area (Å²) in [5.41, 5.74) is 2.17. The Morgan fingerprint density at radius 3 is 2.29 bits per heavy atom. The lowest BCUT2D eigenvalue weighted by Gasteiger charge is -2.18. The second-order valence-corrected chi connectivity index (χ2v) is 7.52. The summed E-state index contributed by atoms with van der Waals surface area (Å²) in [5.74, 6) is -0.294. The van der Waals surface area contributed by atoms with Crippen LogP contribution in [0.15, 0.2) is 42.5 Å². The molecule has 164 valence electrons. The van der Waals surface area contributed by atoms with E-state index in [1.165, 1.54) is 6.07 Å². The van der Waals surface area contributed by atoms with Gasteiger partial charge in [-0.1, -0.05) is 12.1 Å². The molecule has 2 aromatic carbocycles. The second-order valence-electron chi connectivity index (χ2n) is 7.52. The van der Waals surface area contributed by atoms with E-state index in [4.69, 9.17) is 0 Å². The minimum absolute atomic E-state index is 0.00458. The third kappa shape index (κ3) is 5.20. The second kappa shape index (κ2) is 10.1. The lowest BCUT2D eigenvalue weighted by atomic mass is 10.1. The van der Waals surface area contributed by atoms with Gasteiger partial charge in [-0.15, -0.1) is 0 Å². The fourth-order valence-corrected chi connectivity index (χ4v) is 3.73. The lowest BCUT2D eigenvalue weighted by molar-refractivity contribution is -0.385. The highest BCUT2D eigenvalue weighted by Crippen LogP contribution is 2.26. The molecule has 2 amide bonds. The number of anilines is 1. The van der Waals surface area contributed by atoms with Crippen LogP contribution >= 0.6 is 0 Å². The van der Waals surface area contributed by atoms with Crippen LogP contribution < -0.4 is 5.32 Å². The van der Waals surface area contributed by atoms with Crippen LogP contribution in [0.3, 0.4) is 0 Å². The van der Waals surface area contributed by atoms with E-state index < -0.39 is 4.92 Å². The first-order chi connectivity index (χ1) is 14.9. The molecule has 0 aliphatic carbocycles. The largest absolute Gasteiger partial charge is 0.381 e. The molecule has 0 radical (unpaired) electrons. The maximum absolute atomic E-state index is 12.8. The van der Waals surface area contributed by atoms with Crippen molar-refractivity contribution >= 4 is 23.2 Å². The molecular weight excluding hydrogens is 396 g/mol. The predicted molar refractivity (Wildman–Crippen MR) is 119 cm³/mol. The van der Waals surface area contributed by atoms with Gasteiger partial charge in [0.1, 0.15) is 5.56 Å². The monoisotopic (exact) mass is 424 g/mol. The van der Waals surface area contributed by atoms with E-state index in [2.05, 4.69) is 5.32 Å². The van der Waals surface area contributed by atoms with E-state index in [9.17, 15) is 19.7 Å². The number of nitrogens with one attached hydrogen (secondary N) is 1. The molecule has 0 atom stereocenters.